The van der Waals surface area contributed by atoms with Gasteiger partial charge in [-0.1, -0.05) is 11.8 Å². The molecule has 20 heavy (non-hydrogen) atoms. The Hall–Kier alpha value is -1.71. The molecule has 1 fully saturated rings. The highest BCUT2D eigenvalue weighted by atomic mass is 32.2. The van der Waals surface area contributed by atoms with Crippen LogP contribution in [-0.2, 0) is 10.8 Å². The normalized spacial score (nSPS) is 15.6. The number of carbonyl (C=O) groups is 1. The fraction of sp³-hybridized carbons (Fsp3) is 0.357. The predicted molar refractivity (Wildman–Crippen MR) is 76.1 cm³/mol. The molecule has 1 heterocycles. The lowest BCUT2D eigenvalue weighted by atomic mass is 10.1. The summed E-state index contributed by atoms with van der Waals surface area (Å²) in [5.74, 6) is 5.30. The molecular weight excluding hydrogens is 279 g/mol. The molecule has 0 atom stereocenters. The number of halogens is 1. The highest BCUT2D eigenvalue weighted by Crippen LogP contribution is 2.14. The molecule has 2 N–H and O–H groups in total. The summed E-state index contributed by atoms with van der Waals surface area (Å²) in [5, 5.41) is 0. The van der Waals surface area contributed by atoms with E-state index in [4.69, 9.17) is 5.73 Å². The molecule has 2 rings (SSSR count). The number of amides is 1. The Morgan fingerprint density at radius 2 is 2.10 bits per heavy atom. The van der Waals surface area contributed by atoms with Crippen LogP contribution < -0.4 is 5.73 Å². The number of hydrogen-bond donors (Lipinski definition) is 1. The molecule has 4 nitrogen and oxygen atoms in total. The molecule has 0 aromatic heterocycles. The summed E-state index contributed by atoms with van der Waals surface area (Å²) >= 11 is 0. The van der Waals surface area contributed by atoms with Crippen molar-refractivity contribution in [1.29, 1.82) is 0 Å². The number of rotatable bonds is 1. The van der Waals surface area contributed by atoms with Crippen molar-refractivity contribution in [2.45, 2.75) is 0 Å². The van der Waals surface area contributed by atoms with E-state index in [2.05, 4.69) is 11.8 Å². The van der Waals surface area contributed by atoms with E-state index in [-0.39, 0.29) is 18.0 Å². The second-order valence-corrected chi connectivity index (χ2v) is 6.04. The van der Waals surface area contributed by atoms with E-state index in [0.717, 1.165) is 0 Å². The second-order valence-electron chi connectivity index (χ2n) is 4.34. The topological polar surface area (TPSA) is 63.4 Å². The van der Waals surface area contributed by atoms with Crippen LogP contribution in [0.15, 0.2) is 18.2 Å². The van der Waals surface area contributed by atoms with Gasteiger partial charge >= 0.3 is 0 Å². The van der Waals surface area contributed by atoms with Crippen LogP contribution in [0.25, 0.3) is 0 Å². The summed E-state index contributed by atoms with van der Waals surface area (Å²) in [6, 6.07) is 4.27. The van der Waals surface area contributed by atoms with Gasteiger partial charge in [-0.25, -0.2) is 4.39 Å². The Labute approximate surface area is 119 Å². The molecule has 1 amide bonds. The summed E-state index contributed by atoms with van der Waals surface area (Å²) in [7, 11) is -0.864. The van der Waals surface area contributed by atoms with Crippen molar-refractivity contribution in [3.63, 3.8) is 0 Å². The van der Waals surface area contributed by atoms with E-state index in [0.29, 0.717) is 30.2 Å². The van der Waals surface area contributed by atoms with Gasteiger partial charge in [-0.3, -0.25) is 9.00 Å². The first-order valence-corrected chi connectivity index (χ1v) is 7.73. The van der Waals surface area contributed by atoms with E-state index in [1.807, 2.05) is 0 Å². The fourth-order valence-corrected chi connectivity index (χ4v) is 2.98. The first kappa shape index (κ1) is 14.7. The van der Waals surface area contributed by atoms with Crippen LogP contribution in [0.4, 0.5) is 4.39 Å². The molecule has 0 saturated carbocycles. The lowest BCUT2D eigenvalue weighted by Gasteiger charge is -2.26. The summed E-state index contributed by atoms with van der Waals surface area (Å²) in [4.78, 5) is 13.7. The number of benzene rings is 1. The van der Waals surface area contributed by atoms with E-state index >= 15 is 0 Å². The minimum Gasteiger partial charge on any atom is -0.337 e. The molecule has 0 bridgehead atoms. The maximum Gasteiger partial charge on any atom is 0.256 e. The van der Waals surface area contributed by atoms with E-state index in [1.54, 1.807) is 6.07 Å². The number of nitrogens with two attached hydrogens (primary N) is 1. The van der Waals surface area contributed by atoms with Crippen LogP contribution in [0.3, 0.4) is 0 Å². The largest absolute Gasteiger partial charge is 0.337 e. The fourth-order valence-electron chi connectivity index (χ4n) is 1.93. The van der Waals surface area contributed by atoms with Gasteiger partial charge in [-0.05, 0) is 18.2 Å². The zero-order valence-electron chi connectivity index (χ0n) is 10.9. The molecule has 1 aliphatic rings. The summed E-state index contributed by atoms with van der Waals surface area (Å²) in [6.07, 6.45) is 0. The number of nitrogens with zero attached hydrogens (tertiary/aromatic N) is 1. The van der Waals surface area contributed by atoms with Crippen LogP contribution >= 0.6 is 0 Å². The minimum absolute atomic E-state index is 0.0241. The van der Waals surface area contributed by atoms with E-state index in [1.165, 1.54) is 17.0 Å². The second kappa shape index (κ2) is 6.64. The van der Waals surface area contributed by atoms with Crippen LogP contribution in [0.2, 0.25) is 0 Å². The lowest BCUT2D eigenvalue weighted by Crippen LogP contribution is -2.42. The summed E-state index contributed by atoms with van der Waals surface area (Å²) < 4.78 is 25.2. The average molecular weight is 294 g/mol. The Balaban J connectivity index is 2.16. The van der Waals surface area contributed by atoms with Crippen LogP contribution in [-0.4, -0.2) is 46.2 Å². The Morgan fingerprint density at radius 3 is 2.70 bits per heavy atom. The Morgan fingerprint density at radius 1 is 1.40 bits per heavy atom. The Bertz CT molecular complexity index is 597. The van der Waals surface area contributed by atoms with Gasteiger partial charge in [0.25, 0.3) is 5.91 Å². The van der Waals surface area contributed by atoms with Crippen molar-refractivity contribution in [2.24, 2.45) is 5.73 Å². The van der Waals surface area contributed by atoms with Crippen LogP contribution in [0.1, 0.15) is 15.9 Å². The molecule has 0 radical (unpaired) electrons. The van der Waals surface area contributed by atoms with Crippen molar-refractivity contribution in [1.82, 2.24) is 4.90 Å². The predicted octanol–water partition coefficient (Wildman–Crippen LogP) is 0.340. The highest BCUT2D eigenvalue weighted by molar-refractivity contribution is 7.85. The number of carbonyl (C=O) groups excluding carboxylic acids is 1. The van der Waals surface area contributed by atoms with Crippen LogP contribution in [0, 0.1) is 17.7 Å². The monoisotopic (exact) mass is 294 g/mol. The maximum atomic E-state index is 14.0. The third-order valence-electron chi connectivity index (χ3n) is 3.00. The smallest absolute Gasteiger partial charge is 0.256 e. The zero-order chi connectivity index (χ0) is 14.5. The quantitative estimate of drug-likeness (QED) is 0.760. The van der Waals surface area contributed by atoms with Crippen LogP contribution in [0.5, 0.6) is 0 Å². The first-order valence-electron chi connectivity index (χ1n) is 6.24. The summed E-state index contributed by atoms with van der Waals surface area (Å²) in [6.45, 7) is 1.01. The molecule has 0 spiro atoms. The first-order chi connectivity index (χ1) is 9.61. The third kappa shape index (κ3) is 3.44. The molecule has 1 aromatic rings. The van der Waals surface area contributed by atoms with Gasteiger partial charge in [0.2, 0.25) is 0 Å². The van der Waals surface area contributed by atoms with Gasteiger partial charge in [-0.15, -0.1) is 0 Å². The van der Waals surface area contributed by atoms with Gasteiger partial charge in [0.05, 0.1) is 12.1 Å². The van der Waals surface area contributed by atoms with Gasteiger partial charge in [0.1, 0.15) is 5.82 Å². The van der Waals surface area contributed by atoms with Crippen molar-refractivity contribution in [2.75, 3.05) is 31.1 Å². The maximum absolute atomic E-state index is 14.0. The van der Waals surface area contributed by atoms with Crippen molar-refractivity contribution in [3.8, 4) is 11.8 Å². The highest BCUT2D eigenvalue weighted by Gasteiger charge is 2.23. The van der Waals surface area contributed by atoms with Crippen molar-refractivity contribution in [3.05, 3.63) is 35.1 Å². The zero-order valence-corrected chi connectivity index (χ0v) is 11.7. The molecule has 6 heteroatoms. The molecule has 1 saturated heterocycles. The number of hydrogen-bond acceptors (Lipinski definition) is 3. The van der Waals surface area contributed by atoms with Crippen molar-refractivity contribution < 1.29 is 13.4 Å². The van der Waals surface area contributed by atoms with Gasteiger partial charge in [-0.2, -0.15) is 0 Å². The summed E-state index contributed by atoms with van der Waals surface area (Å²) in [5.41, 5.74) is 5.76. The van der Waals surface area contributed by atoms with E-state index in [9.17, 15) is 13.4 Å². The minimum atomic E-state index is -0.864. The lowest BCUT2D eigenvalue weighted by molar-refractivity contribution is 0.0766. The molecular formula is C14H15FN2O2S. The standard InChI is InChI=1S/C14H15FN2O2S/c15-13-10-11(2-1-5-16)3-4-12(13)14(18)17-6-8-20(19)9-7-17/h3-4,10H,5-9,16H2. The van der Waals surface area contributed by atoms with E-state index < -0.39 is 16.6 Å². The molecule has 106 valence electrons. The van der Waals surface area contributed by atoms with Gasteiger partial charge in [0.15, 0.2) is 0 Å². The van der Waals surface area contributed by atoms with Gasteiger partial charge in [0, 0.05) is 41.0 Å². The molecule has 1 aliphatic heterocycles. The molecule has 0 aliphatic carbocycles. The average Bonchev–Trinajstić information content (AvgIpc) is 2.45. The SMILES string of the molecule is NCC#Cc1ccc(C(=O)N2CCS(=O)CC2)c(F)c1. The van der Waals surface area contributed by atoms with Gasteiger partial charge < -0.3 is 10.6 Å². The molecule has 1 aromatic carbocycles. The van der Waals surface area contributed by atoms with Crippen molar-refractivity contribution >= 4 is 16.7 Å². The third-order valence-corrected chi connectivity index (χ3v) is 4.28. The molecule has 0 unspecified atom stereocenters. The Kier molecular flexibility index (Phi) is 4.88.